The Balaban J connectivity index is 1.57. The Morgan fingerprint density at radius 3 is 2.47 bits per heavy atom. The zero-order valence-electron chi connectivity index (χ0n) is 16.8. The monoisotopic (exact) mass is 466 g/mol. The van der Waals surface area contributed by atoms with E-state index in [9.17, 15) is 4.79 Å². The van der Waals surface area contributed by atoms with E-state index in [1.54, 1.807) is 13.1 Å². The molecule has 0 aliphatic carbocycles. The lowest BCUT2D eigenvalue weighted by atomic mass is 10.1. The molecule has 30 heavy (non-hydrogen) atoms. The van der Waals surface area contributed by atoms with E-state index >= 15 is 0 Å². The van der Waals surface area contributed by atoms with Gasteiger partial charge in [-0.3, -0.25) is 4.79 Å². The first-order valence-corrected chi connectivity index (χ1v) is 10.4. The van der Waals surface area contributed by atoms with Crippen molar-refractivity contribution in [2.24, 2.45) is 5.10 Å². The van der Waals surface area contributed by atoms with E-state index in [0.29, 0.717) is 18.1 Å². The zero-order valence-corrected chi connectivity index (χ0v) is 18.4. The van der Waals surface area contributed by atoms with Crippen LogP contribution in [-0.2, 0) is 4.79 Å². The second-order valence-electron chi connectivity index (χ2n) is 6.50. The summed E-state index contributed by atoms with van der Waals surface area (Å²) in [5.41, 5.74) is 5.49. The van der Waals surface area contributed by atoms with Crippen LogP contribution in [0.1, 0.15) is 19.4 Å². The number of carbonyl (C=O) groups is 1. The summed E-state index contributed by atoms with van der Waals surface area (Å²) in [5, 5.41) is 4.04. The quantitative estimate of drug-likeness (QED) is 0.355. The van der Waals surface area contributed by atoms with Crippen LogP contribution in [0, 0.1) is 0 Å². The van der Waals surface area contributed by atoms with Crippen LogP contribution in [0.2, 0.25) is 0 Å². The third-order valence-electron chi connectivity index (χ3n) is 4.29. The average molecular weight is 467 g/mol. The van der Waals surface area contributed by atoms with Gasteiger partial charge in [0, 0.05) is 10.0 Å². The molecule has 0 fully saturated rings. The van der Waals surface area contributed by atoms with Crippen molar-refractivity contribution in [3.8, 4) is 22.6 Å². The lowest BCUT2D eigenvalue weighted by molar-refractivity contribution is -0.127. The predicted molar refractivity (Wildman–Crippen MR) is 123 cm³/mol. The lowest BCUT2D eigenvalue weighted by Gasteiger charge is -2.13. The Morgan fingerprint density at radius 1 is 1.07 bits per heavy atom. The molecule has 0 radical (unpaired) electrons. The molecule has 3 rings (SSSR count). The number of carbonyl (C=O) groups excluding carboxylic acids is 1. The third kappa shape index (κ3) is 5.94. The summed E-state index contributed by atoms with van der Waals surface area (Å²) >= 11 is 3.42. The van der Waals surface area contributed by atoms with Crippen molar-refractivity contribution in [3.05, 3.63) is 82.8 Å². The molecule has 0 aromatic heterocycles. The Kier molecular flexibility index (Phi) is 7.63. The van der Waals surface area contributed by atoms with Gasteiger partial charge in [0.15, 0.2) is 6.10 Å². The number of nitrogens with zero attached hydrogens (tertiary/aromatic N) is 1. The molecule has 1 N–H and O–H groups in total. The van der Waals surface area contributed by atoms with Gasteiger partial charge in [-0.25, -0.2) is 5.43 Å². The first kappa shape index (κ1) is 21.6. The number of ether oxygens (including phenoxy) is 2. The van der Waals surface area contributed by atoms with Crippen molar-refractivity contribution in [3.63, 3.8) is 0 Å². The Morgan fingerprint density at radius 2 is 1.77 bits per heavy atom. The first-order chi connectivity index (χ1) is 14.6. The molecule has 3 aromatic carbocycles. The van der Waals surface area contributed by atoms with Crippen molar-refractivity contribution < 1.29 is 14.3 Å². The topological polar surface area (TPSA) is 59.9 Å². The molecule has 6 heteroatoms. The van der Waals surface area contributed by atoms with Gasteiger partial charge in [-0.15, -0.1) is 0 Å². The minimum Gasteiger partial charge on any atom is -0.493 e. The van der Waals surface area contributed by atoms with E-state index < -0.39 is 6.10 Å². The maximum absolute atomic E-state index is 12.3. The van der Waals surface area contributed by atoms with Crippen LogP contribution < -0.4 is 14.9 Å². The number of hydrogen-bond donors (Lipinski definition) is 1. The SMILES string of the molecule is CCOc1ccc(Br)cc1/C=N/NC(=O)C(C)Oc1ccc(-c2ccccc2)cc1. The molecule has 154 valence electrons. The molecular formula is C24H23BrN2O3. The van der Waals surface area contributed by atoms with Crippen LogP contribution >= 0.6 is 15.9 Å². The predicted octanol–water partition coefficient (Wildman–Crippen LogP) is 5.43. The van der Waals surface area contributed by atoms with Gasteiger partial charge < -0.3 is 9.47 Å². The fraction of sp³-hybridized carbons (Fsp3) is 0.167. The normalized spacial score (nSPS) is 11.8. The summed E-state index contributed by atoms with van der Waals surface area (Å²) in [6, 6.07) is 23.3. The summed E-state index contributed by atoms with van der Waals surface area (Å²) in [7, 11) is 0. The number of rotatable bonds is 8. The summed E-state index contributed by atoms with van der Waals surface area (Å²) in [5.74, 6) is 0.972. The molecule has 3 aromatic rings. The number of hydrogen-bond acceptors (Lipinski definition) is 4. The maximum atomic E-state index is 12.3. The molecule has 0 aliphatic heterocycles. The van der Waals surface area contributed by atoms with Crippen LogP contribution in [0.3, 0.4) is 0 Å². The van der Waals surface area contributed by atoms with Gasteiger partial charge in [-0.05, 0) is 55.3 Å². The Hall–Kier alpha value is -3.12. The van der Waals surface area contributed by atoms with Crippen LogP contribution in [0.25, 0.3) is 11.1 Å². The third-order valence-corrected chi connectivity index (χ3v) is 4.79. The molecule has 0 aliphatic rings. The largest absolute Gasteiger partial charge is 0.493 e. The van der Waals surface area contributed by atoms with E-state index in [4.69, 9.17) is 9.47 Å². The lowest BCUT2D eigenvalue weighted by Crippen LogP contribution is -2.33. The molecule has 0 saturated heterocycles. The van der Waals surface area contributed by atoms with Crippen LogP contribution in [0.15, 0.2) is 82.4 Å². The molecule has 1 amide bonds. The number of nitrogens with one attached hydrogen (secondary N) is 1. The molecule has 1 unspecified atom stereocenters. The van der Waals surface area contributed by atoms with E-state index in [-0.39, 0.29) is 5.91 Å². The van der Waals surface area contributed by atoms with Gasteiger partial charge in [-0.1, -0.05) is 58.4 Å². The Labute approximate surface area is 184 Å². The number of halogens is 1. The smallest absolute Gasteiger partial charge is 0.280 e. The molecule has 0 saturated carbocycles. The van der Waals surface area contributed by atoms with Gasteiger partial charge in [-0.2, -0.15) is 5.10 Å². The maximum Gasteiger partial charge on any atom is 0.280 e. The second-order valence-corrected chi connectivity index (χ2v) is 7.42. The summed E-state index contributed by atoms with van der Waals surface area (Å²) in [4.78, 5) is 12.3. The van der Waals surface area contributed by atoms with E-state index in [1.807, 2.05) is 79.7 Å². The molecule has 0 bridgehead atoms. The van der Waals surface area contributed by atoms with Gasteiger partial charge in [0.05, 0.1) is 12.8 Å². The van der Waals surface area contributed by atoms with Crippen molar-refractivity contribution in [1.29, 1.82) is 0 Å². The fourth-order valence-corrected chi connectivity index (χ4v) is 3.16. The summed E-state index contributed by atoms with van der Waals surface area (Å²) < 4.78 is 12.2. The fourth-order valence-electron chi connectivity index (χ4n) is 2.78. The zero-order chi connectivity index (χ0) is 21.3. The van der Waals surface area contributed by atoms with Crippen molar-refractivity contribution in [2.45, 2.75) is 20.0 Å². The van der Waals surface area contributed by atoms with E-state index in [0.717, 1.165) is 21.2 Å². The molecule has 5 nitrogen and oxygen atoms in total. The summed E-state index contributed by atoms with van der Waals surface area (Å²) in [6.07, 6.45) is 0.855. The Bertz CT molecular complexity index is 1000. The highest BCUT2D eigenvalue weighted by Crippen LogP contribution is 2.23. The van der Waals surface area contributed by atoms with Gasteiger partial charge in [0.25, 0.3) is 5.91 Å². The first-order valence-electron chi connectivity index (χ1n) is 9.64. The number of hydrazone groups is 1. The van der Waals surface area contributed by atoms with Crippen LogP contribution in [0.5, 0.6) is 11.5 Å². The highest BCUT2D eigenvalue weighted by atomic mass is 79.9. The van der Waals surface area contributed by atoms with Crippen molar-refractivity contribution in [2.75, 3.05) is 6.61 Å². The minimum atomic E-state index is -0.696. The van der Waals surface area contributed by atoms with Gasteiger partial charge in [0.2, 0.25) is 0 Å². The van der Waals surface area contributed by atoms with E-state index in [1.165, 1.54) is 0 Å². The average Bonchev–Trinajstić information content (AvgIpc) is 2.76. The minimum absolute atomic E-state index is 0.341. The van der Waals surface area contributed by atoms with Crippen molar-refractivity contribution in [1.82, 2.24) is 5.43 Å². The van der Waals surface area contributed by atoms with Crippen molar-refractivity contribution >= 4 is 28.1 Å². The molecule has 0 heterocycles. The van der Waals surface area contributed by atoms with Crippen LogP contribution in [-0.4, -0.2) is 24.8 Å². The highest BCUT2D eigenvalue weighted by molar-refractivity contribution is 9.10. The molecular weight excluding hydrogens is 444 g/mol. The standard InChI is InChI=1S/C24H23BrN2O3/c1-3-29-23-14-11-21(25)15-20(23)16-26-27-24(28)17(2)30-22-12-9-19(10-13-22)18-7-5-4-6-8-18/h4-17H,3H2,1-2H3,(H,27,28)/b26-16+. The molecule has 0 spiro atoms. The van der Waals surface area contributed by atoms with E-state index in [2.05, 4.69) is 26.5 Å². The number of amides is 1. The van der Waals surface area contributed by atoms with Gasteiger partial charge >= 0.3 is 0 Å². The van der Waals surface area contributed by atoms with Crippen LogP contribution in [0.4, 0.5) is 0 Å². The highest BCUT2D eigenvalue weighted by Gasteiger charge is 2.14. The summed E-state index contributed by atoms with van der Waals surface area (Å²) in [6.45, 7) is 4.14. The second kappa shape index (κ2) is 10.6. The van der Waals surface area contributed by atoms with Gasteiger partial charge in [0.1, 0.15) is 11.5 Å². The molecule has 1 atom stereocenters. The number of benzene rings is 3.